The average molecular weight is 513 g/mol. The minimum Gasteiger partial charge on any atom is -0.496 e. The third-order valence-corrected chi connectivity index (χ3v) is 6.35. The molecule has 0 aliphatic heterocycles. The molecule has 0 saturated heterocycles. The summed E-state index contributed by atoms with van der Waals surface area (Å²) in [7, 11) is 1.61. The van der Waals surface area contributed by atoms with Crippen molar-refractivity contribution in [3.05, 3.63) is 108 Å². The van der Waals surface area contributed by atoms with Gasteiger partial charge in [-0.2, -0.15) is 0 Å². The number of carboxylic acid groups (broad SMARTS) is 1. The SMILES string of the molecule is COc1ccc2ccccc2c1-c1ccc2cc(C[C@H](NC(=O)c3c(F)cccc3F)C(=O)O)ccc2n1. The minimum atomic E-state index is -1.40. The maximum Gasteiger partial charge on any atom is 0.326 e. The molecule has 38 heavy (non-hydrogen) atoms. The molecule has 0 aliphatic rings. The van der Waals surface area contributed by atoms with E-state index in [4.69, 9.17) is 9.72 Å². The summed E-state index contributed by atoms with van der Waals surface area (Å²) >= 11 is 0. The second-order valence-electron chi connectivity index (χ2n) is 8.75. The summed E-state index contributed by atoms with van der Waals surface area (Å²) in [6.45, 7) is 0. The first-order valence-corrected chi connectivity index (χ1v) is 11.8. The molecule has 0 spiro atoms. The molecule has 0 saturated carbocycles. The number of nitrogens with one attached hydrogen (secondary N) is 1. The fraction of sp³-hybridized carbons (Fsp3) is 0.100. The van der Waals surface area contributed by atoms with Gasteiger partial charge in [0.15, 0.2) is 0 Å². The van der Waals surface area contributed by atoms with Gasteiger partial charge in [0, 0.05) is 11.8 Å². The van der Waals surface area contributed by atoms with Crippen molar-refractivity contribution in [1.82, 2.24) is 10.3 Å². The largest absolute Gasteiger partial charge is 0.496 e. The summed E-state index contributed by atoms with van der Waals surface area (Å²) in [6, 6.07) is 22.4. The van der Waals surface area contributed by atoms with Crippen molar-refractivity contribution < 1.29 is 28.2 Å². The number of carbonyl (C=O) groups is 2. The number of carboxylic acids is 1. The molecule has 2 N–H and O–H groups in total. The molecule has 1 aromatic heterocycles. The predicted molar refractivity (Wildman–Crippen MR) is 140 cm³/mol. The molecule has 5 aromatic rings. The van der Waals surface area contributed by atoms with Gasteiger partial charge in [0.05, 0.1) is 23.9 Å². The highest BCUT2D eigenvalue weighted by atomic mass is 19.1. The van der Waals surface area contributed by atoms with E-state index in [-0.39, 0.29) is 6.42 Å². The van der Waals surface area contributed by atoms with Gasteiger partial charge in [-0.1, -0.05) is 48.5 Å². The van der Waals surface area contributed by atoms with E-state index < -0.39 is 35.1 Å². The van der Waals surface area contributed by atoms with Gasteiger partial charge < -0.3 is 15.2 Å². The molecular formula is C30H22F2N2O4. The number of carbonyl (C=O) groups excluding carboxylic acids is 1. The Morgan fingerprint density at radius 2 is 1.66 bits per heavy atom. The Morgan fingerprint density at radius 1 is 0.921 bits per heavy atom. The van der Waals surface area contributed by atoms with Crippen LogP contribution in [0.5, 0.6) is 5.75 Å². The lowest BCUT2D eigenvalue weighted by molar-refractivity contribution is -0.139. The zero-order valence-electron chi connectivity index (χ0n) is 20.2. The van der Waals surface area contributed by atoms with Crippen LogP contribution >= 0.6 is 0 Å². The molecule has 4 aromatic carbocycles. The number of aliphatic carboxylic acids is 1. The summed E-state index contributed by atoms with van der Waals surface area (Å²) in [6.07, 6.45) is -0.0913. The number of amides is 1. The number of benzene rings is 4. The summed E-state index contributed by atoms with van der Waals surface area (Å²) in [4.78, 5) is 29.1. The van der Waals surface area contributed by atoms with Crippen molar-refractivity contribution in [3.8, 4) is 17.0 Å². The van der Waals surface area contributed by atoms with Crippen LogP contribution in [-0.2, 0) is 11.2 Å². The van der Waals surface area contributed by atoms with Crippen LogP contribution in [-0.4, -0.2) is 35.1 Å². The smallest absolute Gasteiger partial charge is 0.326 e. The van der Waals surface area contributed by atoms with Crippen LogP contribution < -0.4 is 10.1 Å². The van der Waals surface area contributed by atoms with E-state index in [1.807, 2.05) is 48.5 Å². The van der Waals surface area contributed by atoms with E-state index in [0.29, 0.717) is 16.8 Å². The molecule has 0 bridgehead atoms. The van der Waals surface area contributed by atoms with Gasteiger partial charge >= 0.3 is 5.97 Å². The van der Waals surface area contributed by atoms with Crippen molar-refractivity contribution in [1.29, 1.82) is 0 Å². The highest BCUT2D eigenvalue weighted by Gasteiger charge is 2.25. The van der Waals surface area contributed by atoms with Crippen LogP contribution in [0.3, 0.4) is 0 Å². The molecule has 1 atom stereocenters. The number of methoxy groups -OCH3 is 1. The molecule has 0 fully saturated rings. The summed E-state index contributed by atoms with van der Waals surface area (Å²) in [5.74, 6) is -3.90. The molecule has 5 rings (SSSR count). The first kappa shape index (κ1) is 24.8. The Labute approximate surface area is 216 Å². The van der Waals surface area contributed by atoms with E-state index in [9.17, 15) is 23.5 Å². The van der Waals surface area contributed by atoms with Crippen LogP contribution in [0.2, 0.25) is 0 Å². The van der Waals surface area contributed by atoms with E-state index >= 15 is 0 Å². The zero-order chi connectivity index (χ0) is 26.8. The van der Waals surface area contributed by atoms with Crippen molar-refractivity contribution in [3.63, 3.8) is 0 Å². The molecule has 0 unspecified atom stereocenters. The first-order valence-electron chi connectivity index (χ1n) is 11.8. The Bertz CT molecular complexity index is 1680. The first-order chi connectivity index (χ1) is 18.4. The number of aromatic nitrogens is 1. The highest BCUT2D eigenvalue weighted by Crippen LogP contribution is 2.36. The number of rotatable bonds is 7. The molecule has 1 heterocycles. The molecular weight excluding hydrogens is 490 g/mol. The summed E-state index contributed by atoms with van der Waals surface area (Å²) in [5.41, 5.74) is 2.06. The van der Waals surface area contributed by atoms with Gasteiger partial charge in [0.2, 0.25) is 0 Å². The highest BCUT2D eigenvalue weighted by molar-refractivity contribution is 6.00. The van der Waals surface area contributed by atoms with E-state index in [0.717, 1.165) is 45.6 Å². The Kier molecular flexibility index (Phi) is 6.70. The molecule has 1 amide bonds. The lowest BCUT2D eigenvalue weighted by Crippen LogP contribution is -2.42. The van der Waals surface area contributed by atoms with Crippen molar-refractivity contribution in [2.75, 3.05) is 7.11 Å². The number of fused-ring (bicyclic) bond motifs is 2. The average Bonchev–Trinajstić information content (AvgIpc) is 2.91. The Hall–Kier alpha value is -4.85. The monoisotopic (exact) mass is 512 g/mol. The molecule has 6 nitrogen and oxygen atoms in total. The maximum atomic E-state index is 14.0. The van der Waals surface area contributed by atoms with Gasteiger partial charge in [-0.05, 0) is 52.7 Å². The topological polar surface area (TPSA) is 88.5 Å². The third-order valence-electron chi connectivity index (χ3n) is 6.35. The van der Waals surface area contributed by atoms with E-state index in [1.165, 1.54) is 0 Å². The van der Waals surface area contributed by atoms with Crippen LogP contribution in [0.4, 0.5) is 8.78 Å². The van der Waals surface area contributed by atoms with Crippen LogP contribution in [0.25, 0.3) is 32.9 Å². The van der Waals surface area contributed by atoms with Crippen LogP contribution in [0, 0.1) is 11.6 Å². The molecule has 190 valence electrons. The summed E-state index contributed by atoms with van der Waals surface area (Å²) in [5, 5.41) is 14.7. The van der Waals surface area contributed by atoms with Crippen molar-refractivity contribution in [2.45, 2.75) is 12.5 Å². The zero-order valence-corrected chi connectivity index (χ0v) is 20.2. The van der Waals surface area contributed by atoms with Crippen molar-refractivity contribution >= 4 is 33.6 Å². The number of nitrogens with zero attached hydrogens (tertiary/aromatic N) is 1. The van der Waals surface area contributed by atoms with Crippen molar-refractivity contribution in [2.24, 2.45) is 0 Å². The van der Waals surface area contributed by atoms with Gasteiger partial charge in [0.25, 0.3) is 5.91 Å². The lowest BCUT2D eigenvalue weighted by Gasteiger charge is -2.16. The molecule has 8 heteroatoms. The Balaban J connectivity index is 1.44. The fourth-order valence-electron chi connectivity index (χ4n) is 4.51. The minimum absolute atomic E-state index is 0.0913. The van der Waals surface area contributed by atoms with E-state index in [1.54, 1.807) is 25.3 Å². The van der Waals surface area contributed by atoms with Gasteiger partial charge in [-0.15, -0.1) is 0 Å². The number of hydrogen-bond acceptors (Lipinski definition) is 4. The quantitative estimate of drug-likeness (QED) is 0.289. The van der Waals surface area contributed by atoms with Crippen LogP contribution in [0.15, 0.2) is 84.9 Å². The van der Waals surface area contributed by atoms with Gasteiger partial charge in [-0.25, -0.2) is 18.6 Å². The molecule has 0 aliphatic carbocycles. The number of ether oxygens (including phenoxy) is 1. The second-order valence-corrected chi connectivity index (χ2v) is 8.75. The summed E-state index contributed by atoms with van der Waals surface area (Å²) < 4.78 is 33.6. The predicted octanol–water partition coefficient (Wildman–Crippen LogP) is 5.77. The second kappa shape index (κ2) is 10.3. The lowest BCUT2D eigenvalue weighted by atomic mass is 9.99. The number of halogens is 2. The van der Waals surface area contributed by atoms with Gasteiger partial charge in [-0.3, -0.25) is 4.79 Å². The number of hydrogen-bond donors (Lipinski definition) is 2. The molecule has 0 radical (unpaired) electrons. The fourth-order valence-corrected chi connectivity index (χ4v) is 4.51. The van der Waals surface area contributed by atoms with Crippen LogP contribution in [0.1, 0.15) is 15.9 Å². The van der Waals surface area contributed by atoms with E-state index in [2.05, 4.69) is 5.32 Å². The standard InChI is InChI=1S/C30H22F2N2O4/c1-38-26-14-11-18-5-2-3-6-20(18)27(26)24-13-10-19-15-17(9-12-23(19)33-24)16-25(30(36)37)34-29(35)28-21(31)7-4-8-22(28)32/h2-15,25H,16H2,1H3,(H,34,35)(H,36,37)/t25-/m0/s1. The maximum absolute atomic E-state index is 14.0. The normalized spacial score (nSPS) is 11.9. The number of pyridine rings is 1. The Morgan fingerprint density at radius 3 is 2.39 bits per heavy atom. The third kappa shape index (κ3) is 4.76. The van der Waals surface area contributed by atoms with Gasteiger partial charge in [0.1, 0.15) is 29.0 Å².